The third-order valence-electron chi connectivity index (χ3n) is 3.75. The van der Waals surface area contributed by atoms with E-state index in [1.54, 1.807) is 35.2 Å². The molecule has 1 aliphatic rings. The third-order valence-corrected chi connectivity index (χ3v) is 5.82. The standard InChI is InChI=1S/C17H19N3O4S2/c1-9-19-20-17(26-9)25-8-14-13-7-16(24-11(3)22)15(23-10(2)21)6-12(13)4-5-18-14/h6-7,14,18H,4-5,8H2,1-3H3. The normalized spacial score (nSPS) is 16.0. The summed E-state index contributed by atoms with van der Waals surface area (Å²) in [5.41, 5.74) is 2.12. The number of esters is 2. The molecule has 1 unspecified atom stereocenters. The monoisotopic (exact) mass is 393 g/mol. The van der Waals surface area contributed by atoms with Gasteiger partial charge in [0, 0.05) is 25.6 Å². The fourth-order valence-electron chi connectivity index (χ4n) is 2.76. The second kappa shape index (κ2) is 8.15. The van der Waals surface area contributed by atoms with Crippen molar-refractivity contribution in [3.05, 3.63) is 28.3 Å². The maximum absolute atomic E-state index is 11.4. The summed E-state index contributed by atoms with van der Waals surface area (Å²) in [6.45, 7) is 5.39. The lowest BCUT2D eigenvalue weighted by Crippen LogP contribution is -2.31. The van der Waals surface area contributed by atoms with E-state index in [0.29, 0.717) is 0 Å². The molecule has 0 amide bonds. The van der Waals surface area contributed by atoms with Crippen LogP contribution in [0, 0.1) is 6.92 Å². The first-order valence-electron chi connectivity index (χ1n) is 8.12. The van der Waals surface area contributed by atoms with Crippen LogP contribution in [0.3, 0.4) is 0 Å². The third kappa shape index (κ3) is 4.60. The minimum Gasteiger partial charge on any atom is -0.423 e. The van der Waals surface area contributed by atoms with E-state index < -0.39 is 11.9 Å². The van der Waals surface area contributed by atoms with Crippen LogP contribution in [0.4, 0.5) is 0 Å². The predicted molar refractivity (Wildman–Crippen MR) is 98.9 cm³/mol. The van der Waals surface area contributed by atoms with Crippen LogP contribution >= 0.6 is 23.1 Å². The summed E-state index contributed by atoms with van der Waals surface area (Å²) in [6, 6.07) is 3.66. The first kappa shape index (κ1) is 18.8. The number of fused-ring (bicyclic) bond motifs is 1. The molecule has 0 radical (unpaired) electrons. The molecule has 9 heteroatoms. The zero-order chi connectivity index (χ0) is 18.7. The van der Waals surface area contributed by atoms with Crippen molar-refractivity contribution in [3.8, 4) is 11.5 Å². The molecule has 138 valence electrons. The highest BCUT2D eigenvalue weighted by Crippen LogP contribution is 2.37. The van der Waals surface area contributed by atoms with E-state index >= 15 is 0 Å². The van der Waals surface area contributed by atoms with Crippen LogP contribution in [0.25, 0.3) is 0 Å². The lowest BCUT2D eigenvalue weighted by atomic mass is 9.94. The number of aromatic nitrogens is 2. The van der Waals surface area contributed by atoms with Gasteiger partial charge in [0.2, 0.25) is 0 Å². The molecule has 0 fully saturated rings. The fraction of sp³-hybridized carbons (Fsp3) is 0.412. The van der Waals surface area contributed by atoms with Gasteiger partial charge < -0.3 is 14.8 Å². The highest BCUT2D eigenvalue weighted by molar-refractivity contribution is 8.01. The number of nitrogens with one attached hydrogen (secondary N) is 1. The Morgan fingerprint density at radius 1 is 1.23 bits per heavy atom. The Morgan fingerprint density at radius 3 is 2.54 bits per heavy atom. The molecule has 1 atom stereocenters. The number of benzene rings is 1. The van der Waals surface area contributed by atoms with Crippen molar-refractivity contribution >= 4 is 35.0 Å². The summed E-state index contributed by atoms with van der Waals surface area (Å²) in [4.78, 5) is 22.8. The van der Waals surface area contributed by atoms with Crippen LogP contribution in [0.1, 0.15) is 36.0 Å². The van der Waals surface area contributed by atoms with Crippen LogP contribution in [-0.2, 0) is 16.0 Å². The molecule has 1 N–H and O–H groups in total. The zero-order valence-corrected chi connectivity index (χ0v) is 16.3. The van der Waals surface area contributed by atoms with Gasteiger partial charge in [-0.3, -0.25) is 9.59 Å². The molecular weight excluding hydrogens is 374 g/mol. The Kier molecular flexibility index (Phi) is 5.90. The molecule has 0 saturated heterocycles. The van der Waals surface area contributed by atoms with Crippen LogP contribution in [-0.4, -0.2) is 34.4 Å². The number of nitrogens with zero attached hydrogens (tertiary/aromatic N) is 2. The van der Waals surface area contributed by atoms with Crippen LogP contribution < -0.4 is 14.8 Å². The van der Waals surface area contributed by atoms with Gasteiger partial charge in [0.1, 0.15) is 5.01 Å². The molecule has 0 saturated carbocycles. The van der Waals surface area contributed by atoms with Crippen molar-refractivity contribution in [3.63, 3.8) is 0 Å². The maximum Gasteiger partial charge on any atom is 0.308 e. The van der Waals surface area contributed by atoms with Crippen molar-refractivity contribution in [2.75, 3.05) is 12.3 Å². The zero-order valence-electron chi connectivity index (χ0n) is 14.7. The molecule has 2 aromatic rings. The smallest absolute Gasteiger partial charge is 0.308 e. The highest BCUT2D eigenvalue weighted by atomic mass is 32.2. The summed E-state index contributed by atoms with van der Waals surface area (Å²) < 4.78 is 11.4. The van der Waals surface area contributed by atoms with Gasteiger partial charge in [-0.1, -0.05) is 23.1 Å². The average Bonchev–Trinajstić information content (AvgIpc) is 2.98. The van der Waals surface area contributed by atoms with E-state index in [1.807, 2.05) is 6.92 Å². The molecule has 0 aliphatic carbocycles. The molecule has 1 aromatic heterocycles. The van der Waals surface area contributed by atoms with Crippen molar-refractivity contribution < 1.29 is 19.1 Å². The average molecular weight is 393 g/mol. The summed E-state index contributed by atoms with van der Waals surface area (Å²) in [7, 11) is 0. The minimum atomic E-state index is -0.461. The number of rotatable bonds is 5. The Bertz CT molecular complexity index is 837. The summed E-state index contributed by atoms with van der Waals surface area (Å²) in [5.74, 6) is 0.397. The van der Waals surface area contributed by atoms with E-state index in [-0.39, 0.29) is 17.5 Å². The first-order valence-corrected chi connectivity index (χ1v) is 9.92. The molecule has 7 nitrogen and oxygen atoms in total. The second-order valence-electron chi connectivity index (χ2n) is 5.84. The van der Waals surface area contributed by atoms with E-state index in [1.165, 1.54) is 13.8 Å². The Morgan fingerprint density at radius 2 is 1.92 bits per heavy atom. The first-order chi connectivity index (χ1) is 12.4. The molecule has 2 heterocycles. The van der Waals surface area contributed by atoms with Gasteiger partial charge in [0.25, 0.3) is 0 Å². The number of carbonyl (C=O) groups excluding carboxylic acids is 2. The molecule has 1 aliphatic heterocycles. The van der Waals surface area contributed by atoms with Crippen molar-refractivity contribution in [2.24, 2.45) is 0 Å². The fourth-order valence-corrected chi connectivity index (χ4v) is 4.68. The van der Waals surface area contributed by atoms with Gasteiger partial charge in [-0.2, -0.15) is 0 Å². The van der Waals surface area contributed by atoms with Gasteiger partial charge in [-0.25, -0.2) is 0 Å². The minimum absolute atomic E-state index is 0.0774. The Labute approximate surface area is 159 Å². The summed E-state index contributed by atoms with van der Waals surface area (Å²) in [6.07, 6.45) is 0.809. The quantitative estimate of drug-likeness (QED) is 0.471. The van der Waals surface area contributed by atoms with Gasteiger partial charge >= 0.3 is 11.9 Å². The van der Waals surface area contributed by atoms with Gasteiger partial charge in [-0.05, 0) is 43.1 Å². The van der Waals surface area contributed by atoms with Gasteiger partial charge in [0.15, 0.2) is 15.8 Å². The number of ether oxygens (including phenoxy) is 2. The lowest BCUT2D eigenvalue weighted by Gasteiger charge is -2.27. The van der Waals surface area contributed by atoms with Crippen LogP contribution in [0.2, 0.25) is 0 Å². The Balaban J connectivity index is 1.86. The van der Waals surface area contributed by atoms with E-state index in [9.17, 15) is 9.59 Å². The largest absolute Gasteiger partial charge is 0.423 e. The number of aryl methyl sites for hydroxylation is 1. The molecule has 1 aromatic carbocycles. The van der Waals surface area contributed by atoms with Crippen LogP contribution in [0.5, 0.6) is 11.5 Å². The van der Waals surface area contributed by atoms with Crippen LogP contribution in [0.15, 0.2) is 16.5 Å². The van der Waals surface area contributed by atoms with E-state index in [2.05, 4.69) is 15.5 Å². The predicted octanol–water partition coefficient (Wildman–Crippen LogP) is 2.68. The SMILES string of the molecule is CC(=O)Oc1cc2c(cc1OC(C)=O)C(CSc1nnc(C)s1)NCC2. The summed E-state index contributed by atoms with van der Waals surface area (Å²) in [5, 5.41) is 12.6. The second-order valence-corrected chi connectivity index (χ2v) is 8.29. The lowest BCUT2D eigenvalue weighted by molar-refractivity contribution is -0.134. The summed E-state index contributed by atoms with van der Waals surface area (Å²) >= 11 is 3.20. The molecule has 26 heavy (non-hydrogen) atoms. The highest BCUT2D eigenvalue weighted by Gasteiger charge is 2.24. The maximum atomic E-state index is 11.4. The molecule has 0 bridgehead atoms. The topological polar surface area (TPSA) is 90.4 Å². The van der Waals surface area contributed by atoms with Crippen molar-refractivity contribution in [1.29, 1.82) is 0 Å². The number of hydrogen-bond acceptors (Lipinski definition) is 9. The number of carbonyl (C=O) groups is 2. The van der Waals surface area contributed by atoms with Gasteiger partial charge in [0.05, 0.1) is 0 Å². The van der Waals surface area contributed by atoms with E-state index in [4.69, 9.17) is 9.47 Å². The Hall–Kier alpha value is -1.97. The van der Waals surface area contributed by atoms with Crippen molar-refractivity contribution in [1.82, 2.24) is 15.5 Å². The molecular formula is C17H19N3O4S2. The van der Waals surface area contributed by atoms with E-state index in [0.717, 1.165) is 39.2 Å². The molecule has 0 spiro atoms. The van der Waals surface area contributed by atoms with Crippen molar-refractivity contribution in [2.45, 2.75) is 37.6 Å². The number of hydrogen-bond donors (Lipinski definition) is 1. The number of thioether (sulfide) groups is 1. The van der Waals surface area contributed by atoms with Gasteiger partial charge in [-0.15, -0.1) is 10.2 Å². The molecule has 3 rings (SSSR count).